The minimum absolute atomic E-state index is 0.276. The fourth-order valence-electron chi connectivity index (χ4n) is 2.79. The first-order valence-electron chi connectivity index (χ1n) is 7.27. The number of sulfonamides is 1. The minimum atomic E-state index is -3.44. The van der Waals surface area contributed by atoms with Crippen molar-refractivity contribution in [1.82, 2.24) is 4.31 Å². The summed E-state index contributed by atoms with van der Waals surface area (Å²) in [5.41, 5.74) is 7.58. The summed E-state index contributed by atoms with van der Waals surface area (Å²) in [6, 6.07) is 5.19. The standard InChI is InChI=1S/C15H24N2O3S/c1-12-5-6-15(8-14(12)9-16)21(18,19)17-7-3-4-13(10-17)11-20-2/h5-6,8,13H,3-4,7,9-11,16H2,1-2H3. The number of hydrogen-bond acceptors (Lipinski definition) is 4. The highest BCUT2D eigenvalue weighted by Crippen LogP contribution is 2.25. The van der Waals surface area contributed by atoms with Crippen LogP contribution in [0.4, 0.5) is 0 Å². The summed E-state index contributed by atoms with van der Waals surface area (Å²) in [5, 5.41) is 0. The Balaban J connectivity index is 2.25. The predicted octanol–water partition coefficient (Wildman–Crippen LogP) is 1.50. The van der Waals surface area contributed by atoms with Gasteiger partial charge in [-0.3, -0.25) is 0 Å². The zero-order chi connectivity index (χ0) is 15.5. The van der Waals surface area contributed by atoms with Crippen molar-refractivity contribution in [3.05, 3.63) is 29.3 Å². The molecule has 1 aliphatic rings. The molecule has 2 rings (SSSR count). The lowest BCUT2D eigenvalue weighted by Gasteiger charge is -2.31. The summed E-state index contributed by atoms with van der Waals surface area (Å²) >= 11 is 0. The fraction of sp³-hybridized carbons (Fsp3) is 0.600. The number of ether oxygens (including phenoxy) is 1. The van der Waals surface area contributed by atoms with Crippen molar-refractivity contribution in [1.29, 1.82) is 0 Å². The summed E-state index contributed by atoms with van der Waals surface area (Å²) < 4.78 is 32.3. The SMILES string of the molecule is COCC1CCCN(S(=O)(=O)c2ccc(C)c(CN)c2)C1. The Morgan fingerprint density at radius 3 is 2.86 bits per heavy atom. The molecule has 0 aliphatic carbocycles. The first kappa shape index (κ1) is 16.4. The van der Waals surface area contributed by atoms with Crippen LogP contribution in [0.25, 0.3) is 0 Å². The highest BCUT2D eigenvalue weighted by molar-refractivity contribution is 7.89. The Hall–Kier alpha value is -0.950. The van der Waals surface area contributed by atoms with Gasteiger partial charge in [0, 0.05) is 26.7 Å². The monoisotopic (exact) mass is 312 g/mol. The normalized spacial score (nSPS) is 20.6. The molecule has 1 fully saturated rings. The average molecular weight is 312 g/mol. The first-order valence-corrected chi connectivity index (χ1v) is 8.71. The number of aryl methyl sites for hydroxylation is 1. The van der Waals surface area contributed by atoms with Gasteiger partial charge in [-0.2, -0.15) is 4.31 Å². The van der Waals surface area contributed by atoms with Crippen LogP contribution in [0.15, 0.2) is 23.1 Å². The van der Waals surface area contributed by atoms with Crippen molar-refractivity contribution < 1.29 is 13.2 Å². The molecule has 0 amide bonds. The molecule has 1 aromatic carbocycles. The van der Waals surface area contributed by atoms with E-state index in [4.69, 9.17) is 10.5 Å². The Labute approximate surface area is 127 Å². The van der Waals surface area contributed by atoms with Crippen molar-refractivity contribution in [3.8, 4) is 0 Å². The topological polar surface area (TPSA) is 72.6 Å². The molecule has 0 radical (unpaired) electrons. The van der Waals surface area contributed by atoms with E-state index in [-0.39, 0.29) is 5.92 Å². The minimum Gasteiger partial charge on any atom is -0.384 e. The second kappa shape index (κ2) is 6.87. The quantitative estimate of drug-likeness (QED) is 0.894. The number of rotatable bonds is 5. The van der Waals surface area contributed by atoms with Gasteiger partial charge in [0.15, 0.2) is 0 Å². The van der Waals surface area contributed by atoms with Gasteiger partial charge in [0.1, 0.15) is 0 Å². The van der Waals surface area contributed by atoms with E-state index in [1.165, 1.54) is 0 Å². The largest absolute Gasteiger partial charge is 0.384 e. The van der Waals surface area contributed by atoms with Gasteiger partial charge in [-0.05, 0) is 48.9 Å². The maximum absolute atomic E-state index is 12.8. The summed E-state index contributed by atoms with van der Waals surface area (Å²) in [6.07, 6.45) is 1.89. The molecule has 0 spiro atoms. The highest BCUT2D eigenvalue weighted by atomic mass is 32.2. The molecule has 0 aromatic heterocycles. The van der Waals surface area contributed by atoms with E-state index in [1.54, 1.807) is 23.5 Å². The van der Waals surface area contributed by atoms with Gasteiger partial charge in [-0.25, -0.2) is 8.42 Å². The lowest BCUT2D eigenvalue weighted by molar-refractivity contribution is 0.118. The number of benzene rings is 1. The number of nitrogens with two attached hydrogens (primary N) is 1. The van der Waals surface area contributed by atoms with Gasteiger partial charge < -0.3 is 10.5 Å². The lowest BCUT2D eigenvalue weighted by atomic mass is 10.0. The van der Waals surface area contributed by atoms with Gasteiger partial charge in [-0.15, -0.1) is 0 Å². The number of hydrogen-bond donors (Lipinski definition) is 1. The van der Waals surface area contributed by atoms with Crippen molar-refractivity contribution in [2.24, 2.45) is 11.7 Å². The summed E-state index contributed by atoms with van der Waals surface area (Å²) in [7, 11) is -1.79. The molecule has 118 valence electrons. The molecular formula is C15H24N2O3S. The molecule has 0 saturated carbocycles. The average Bonchev–Trinajstić information content (AvgIpc) is 2.48. The summed E-state index contributed by atoms with van der Waals surface area (Å²) in [5.74, 6) is 0.276. The number of piperidine rings is 1. The zero-order valence-electron chi connectivity index (χ0n) is 12.7. The third-order valence-corrected chi connectivity index (χ3v) is 5.92. The summed E-state index contributed by atoms with van der Waals surface area (Å²) in [4.78, 5) is 0.339. The molecule has 5 nitrogen and oxygen atoms in total. The first-order chi connectivity index (χ1) is 9.98. The Bertz CT molecular complexity index is 585. The van der Waals surface area contributed by atoms with Gasteiger partial charge in [0.05, 0.1) is 11.5 Å². The molecule has 1 heterocycles. The Kier molecular flexibility index (Phi) is 5.37. The number of methoxy groups -OCH3 is 1. The smallest absolute Gasteiger partial charge is 0.243 e. The van der Waals surface area contributed by atoms with Crippen molar-refractivity contribution in [3.63, 3.8) is 0 Å². The Morgan fingerprint density at radius 2 is 2.19 bits per heavy atom. The van der Waals surface area contributed by atoms with Crippen LogP contribution in [0.3, 0.4) is 0 Å². The van der Waals surface area contributed by atoms with Crippen LogP contribution in [-0.2, 0) is 21.3 Å². The van der Waals surface area contributed by atoms with E-state index in [9.17, 15) is 8.42 Å². The van der Waals surface area contributed by atoms with Crippen molar-refractivity contribution >= 4 is 10.0 Å². The summed E-state index contributed by atoms with van der Waals surface area (Å²) in [6.45, 7) is 4.00. The van der Waals surface area contributed by atoms with E-state index in [0.717, 1.165) is 24.0 Å². The van der Waals surface area contributed by atoms with Crippen LogP contribution in [0, 0.1) is 12.8 Å². The zero-order valence-corrected chi connectivity index (χ0v) is 13.5. The van der Waals surface area contributed by atoms with Gasteiger partial charge in [-0.1, -0.05) is 6.07 Å². The van der Waals surface area contributed by atoms with Crippen LogP contribution in [-0.4, -0.2) is 39.5 Å². The van der Waals surface area contributed by atoms with E-state index >= 15 is 0 Å². The maximum atomic E-state index is 12.8. The van der Waals surface area contributed by atoms with Crippen molar-refractivity contribution in [2.75, 3.05) is 26.8 Å². The molecule has 1 aromatic rings. The number of nitrogens with zero attached hydrogens (tertiary/aromatic N) is 1. The molecule has 1 aliphatic heterocycles. The van der Waals surface area contributed by atoms with E-state index in [1.807, 2.05) is 13.0 Å². The molecule has 0 bridgehead atoms. The highest BCUT2D eigenvalue weighted by Gasteiger charge is 2.30. The van der Waals surface area contributed by atoms with E-state index in [0.29, 0.717) is 31.1 Å². The molecule has 2 N–H and O–H groups in total. The second-order valence-corrected chi connectivity index (χ2v) is 7.56. The van der Waals surface area contributed by atoms with Crippen LogP contribution >= 0.6 is 0 Å². The molecular weight excluding hydrogens is 288 g/mol. The van der Waals surface area contributed by atoms with Crippen LogP contribution in [0.1, 0.15) is 24.0 Å². The Morgan fingerprint density at radius 1 is 1.43 bits per heavy atom. The fourth-order valence-corrected chi connectivity index (χ4v) is 4.40. The van der Waals surface area contributed by atoms with Gasteiger partial charge in [0.2, 0.25) is 10.0 Å². The van der Waals surface area contributed by atoms with E-state index < -0.39 is 10.0 Å². The van der Waals surface area contributed by atoms with Crippen molar-refractivity contribution in [2.45, 2.75) is 31.2 Å². The van der Waals surface area contributed by atoms with Crippen LogP contribution in [0.5, 0.6) is 0 Å². The van der Waals surface area contributed by atoms with Crippen LogP contribution in [0.2, 0.25) is 0 Å². The van der Waals surface area contributed by atoms with Crippen LogP contribution < -0.4 is 5.73 Å². The molecule has 6 heteroatoms. The third kappa shape index (κ3) is 3.63. The molecule has 1 saturated heterocycles. The maximum Gasteiger partial charge on any atom is 0.243 e. The van der Waals surface area contributed by atoms with Gasteiger partial charge >= 0.3 is 0 Å². The molecule has 1 unspecified atom stereocenters. The second-order valence-electron chi connectivity index (χ2n) is 5.62. The molecule has 21 heavy (non-hydrogen) atoms. The molecule has 1 atom stereocenters. The predicted molar refractivity (Wildman–Crippen MR) is 82.4 cm³/mol. The van der Waals surface area contributed by atoms with Gasteiger partial charge in [0.25, 0.3) is 0 Å². The third-order valence-electron chi connectivity index (χ3n) is 4.06. The lowest BCUT2D eigenvalue weighted by Crippen LogP contribution is -2.41. The van der Waals surface area contributed by atoms with E-state index in [2.05, 4.69) is 0 Å².